The van der Waals surface area contributed by atoms with E-state index in [4.69, 9.17) is 19.9 Å². The molecule has 2 aromatic rings. The first-order chi connectivity index (χ1) is 12.3. The molecule has 0 fully saturated rings. The Labute approximate surface area is 146 Å². The molecular weight excluding hydrogens is 348 g/mol. The molecule has 10 nitrogen and oxygen atoms in total. The van der Waals surface area contributed by atoms with Crippen LogP contribution in [-0.2, 0) is 0 Å². The summed E-state index contributed by atoms with van der Waals surface area (Å²) in [6.07, 6.45) is 0. The highest BCUT2D eigenvalue weighted by Crippen LogP contribution is 2.46. The lowest BCUT2D eigenvalue weighted by Crippen LogP contribution is -2.24. The molecule has 0 unspecified atom stereocenters. The van der Waals surface area contributed by atoms with E-state index >= 15 is 0 Å². The molecule has 138 valence electrons. The summed E-state index contributed by atoms with van der Waals surface area (Å²) in [6.45, 7) is 0. The number of carboxylic acid groups (broad SMARTS) is 2. The zero-order valence-corrected chi connectivity index (χ0v) is 14.1. The number of ether oxygens (including phenoxy) is 3. The number of aromatic carboxylic acids is 2. The largest absolute Gasteiger partial charge is 0.496 e. The number of nitrogens with one attached hydrogen (secondary N) is 1. The molecule has 0 radical (unpaired) electrons. The van der Waals surface area contributed by atoms with Crippen molar-refractivity contribution in [2.75, 3.05) is 27.1 Å². The Balaban J connectivity index is 3.17. The number of aromatic nitrogens is 1. The number of rotatable bonds is 6. The second-order valence-corrected chi connectivity index (χ2v) is 4.98. The average molecular weight is 364 g/mol. The van der Waals surface area contributed by atoms with Gasteiger partial charge in [0.15, 0.2) is 11.5 Å². The van der Waals surface area contributed by atoms with Crippen LogP contribution < -0.4 is 25.5 Å². The third-order valence-corrected chi connectivity index (χ3v) is 3.65. The quantitative estimate of drug-likeness (QED) is 0.587. The van der Waals surface area contributed by atoms with Gasteiger partial charge in [-0.2, -0.15) is 0 Å². The number of nitrogen functional groups attached to an aromatic ring is 1. The normalized spacial score (nSPS) is 10.3. The van der Waals surface area contributed by atoms with E-state index in [2.05, 4.69) is 0 Å². The van der Waals surface area contributed by atoms with Gasteiger partial charge in [-0.05, 0) is 12.1 Å². The van der Waals surface area contributed by atoms with Gasteiger partial charge < -0.3 is 35.1 Å². The second-order valence-electron chi connectivity index (χ2n) is 4.98. The lowest BCUT2D eigenvalue weighted by Gasteiger charge is -2.19. The summed E-state index contributed by atoms with van der Waals surface area (Å²) in [5, 5.41) is 19.0. The van der Waals surface area contributed by atoms with E-state index < -0.39 is 40.0 Å². The number of methoxy groups -OCH3 is 3. The van der Waals surface area contributed by atoms with Crippen molar-refractivity contribution >= 4 is 17.8 Å². The van der Waals surface area contributed by atoms with Crippen LogP contribution in [0.15, 0.2) is 16.9 Å². The Kier molecular flexibility index (Phi) is 5.06. The molecule has 1 aromatic carbocycles. The van der Waals surface area contributed by atoms with Gasteiger partial charge in [-0.3, -0.25) is 4.79 Å². The zero-order valence-electron chi connectivity index (χ0n) is 14.1. The van der Waals surface area contributed by atoms with Crippen molar-refractivity contribution in [1.82, 2.24) is 4.98 Å². The minimum absolute atomic E-state index is 0.0122. The van der Waals surface area contributed by atoms with E-state index in [1.165, 1.54) is 33.5 Å². The van der Waals surface area contributed by atoms with Gasteiger partial charge >= 0.3 is 11.9 Å². The predicted molar refractivity (Wildman–Crippen MR) is 90.5 cm³/mol. The van der Waals surface area contributed by atoms with E-state index in [1.54, 1.807) is 0 Å². The maximum atomic E-state index is 12.2. The molecule has 0 atom stereocenters. The topological polar surface area (TPSA) is 161 Å². The minimum Gasteiger partial charge on any atom is -0.496 e. The van der Waals surface area contributed by atoms with Crippen molar-refractivity contribution in [1.29, 1.82) is 0 Å². The Hall–Kier alpha value is -3.69. The SMILES string of the molecule is COc1ccc(OC)c(-c2c(C(=O)O)c(N)[nH]c(=O)c2C(=O)O)c1OC. The molecule has 26 heavy (non-hydrogen) atoms. The maximum Gasteiger partial charge on any atom is 0.342 e. The van der Waals surface area contributed by atoms with Gasteiger partial charge in [0.2, 0.25) is 0 Å². The lowest BCUT2D eigenvalue weighted by molar-refractivity contribution is 0.0695. The highest BCUT2D eigenvalue weighted by Gasteiger charge is 2.31. The second kappa shape index (κ2) is 7.05. The summed E-state index contributed by atoms with van der Waals surface area (Å²) in [4.78, 5) is 37.7. The van der Waals surface area contributed by atoms with Crippen LogP contribution >= 0.6 is 0 Å². The van der Waals surface area contributed by atoms with Gasteiger partial charge in [-0.25, -0.2) is 9.59 Å². The van der Waals surface area contributed by atoms with Crippen LogP contribution in [0.1, 0.15) is 20.7 Å². The zero-order chi connectivity index (χ0) is 19.6. The predicted octanol–water partition coefficient (Wildman–Crippen LogP) is 1.05. The molecule has 0 amide bonds. The number of benzene rings is 1. The smallest absolute Gasteiger partial charge is 0.342 e. The number of pyridine rings is 1. The van der Waals surface area contributed by atoms with Crippen molar-refractivity contribution in [2.24, 2.45) is 0 Å². The molecule has 0 aliphatic rings. The van der Waals surface area contributed by atoms with Gasteiger partial charge in [0, 0.05) is 5.56 Å². The average Bonchev–Trinajstić information content (AvgIpc) is 2.58. The number of H-pyrrole nitrogens is 1. The molecule has 0 bridgehead atoms. The monoisotopic (exact) mass is 364 g/mol. The number of hydrogen-bond acceptors (Lipinski definition) is 7. The molecule has 1 aromatic heterocycles. The first-order valence-corrected chi connectivity index (χ1v) is 7.10. The summed E-state index contributed by atoms with van der Waals surface area (Å²) in [6, 6.07) is 2.91. The van der Waals surface area contributed by atoms with Crippen LogP contribution in [0, 0.1) is 0 Å². The van der Waals surface area contributed by atoms with Crippen molar-refractivity contribution < 1.29 is 34.0 Å². The standard InChI is InChI=1S/C16H16N2O8/c1-24-6-4-5-7(25-2)12(26-3)8(6)9-10(15(20)21)13(17)18-14(19)11(9)16(22)23/h4-5H,1-3H3,(H,20,21)(H,22,23)(H3,17,18,19). The van der Waals surface area contributed by atoms with E-state index in [0.29, 0.717) is 0 Å². The molecule has 1 heterocycles. The van der Waals surface area contributed by atoms with Crippen LogP contribution in [-0.4, -0.2) is 48.5 Å². The van der Waals surface area contributed by atoms with E-state index in [9.17, 15) is 24.6 Å². The van der Waals surface area contributed by atoms with Crippen LogP contribution in [0.2, 0.25) is 0 Å². The number of anilines is 1. The van der Waals surface area contributed by atoms with Gasteiger partial charge in [-0.15, -0.1) is 0 Å². The third kappa shape index (κ3) is 2.88. The first kappa shape index (κ1) is 18.6. The van der Waals surface area contributed by atoms with Crippen molar-refractivity contribution in [3.8, 4) is 28.4 Å². The Morgan fingerprint density at radius 3 is 1.92 bits per heavy atom. The van der Waals surface area contributed by atoms with Gasteiger partial charge in [0.05, 0.1) is 26.9 Å². The van der Waals surface area contributed by atoms with E-state index in [1.807, 2.05) is 4.98 Å². The van der Waals surface area contributed by atoms with E-state index in [0.717, 1.165) is 0 Å². The first-order valence-electron chi connectivity index (χ1n) is 7.10. The fourth-order valence-corrected chi connectivity index (χ4v) is 2.61. The van der Waals surface area contributed by atoms with Crippen LogP contribution in [0.25, 0.3) is 11.1 Å². The highest BCUT2D eigenvalue weighted by atomic mass is 16.5. The van der Waals surface area contributed by atoms with E-state index in [-0.39, 0.29) is 22.8 Å². The molecule has 0 saturated carbocycles. The summed E-state index contributed by atoms with van der Waals surface area (Å²) in [7, 11) is 3.91. The third-order valence-electron chi connectivity index (χ3n) is 3.65. The van der Waals surface area contributed by atoms with Crippen molar-refractivity contribution in [3.63, 3.8) is 0 Å². The molecule has 10 heteroatoms. The maximum absolute atomic E-state index is 12.2. The van der Waals surface area contributed by atoms with Crippen molar-refractivity contribution in [2.45, 2.75) is 0 Å². The number of carbonyl (C=O) groups is 2. The van der Waals surface area contributed by atoms with Crippen LogP contribution in [0.3, 0.4) is 0 Å². The van der Waals surface area contributed by atoms with Gasteiger partial charge in [0.25, 0.3) is 5.56 Å². The number of carboxylic acids is 2. The fourth-order valence-electron chi connectivity index (χ4n) is 2.61. The van der Waals surface area contributed by atoms with Gasteiger partial charge in [-0.1, -0.05) is 0 Å². The Bertz CT molecular complexity index is 948. The molecular formula is C16H16N2O8. The number of nitrogens with two attached hydrogens (primary N) is 1. The van der Waals surface area contributed by atoms with Crippen LogP contribution in [0.4, 0.5) is 5.82 Å². The molecule has 5 N–H and O–H groups in total. The summed E-state index contributed by atoms with van der Waals surface area (Å²) in [5.74, 6) is -3.46. The number of hydrogen-bond donors (Lipinski definition) is 4. The lowest BCUT2D eigenvalue weighted by atomic mass is 9.93. The number of aromatic amines is 1. The molecule has 2 rings (SSSR count). The Morgan fingerprint density at radius 2 is 1.46 bits per heavy atom. The van der Waals surface area contributed by atoms with Crippen molar-refractivity contribution in [3.05, 3.63) is 33.6 Å². The summed E-state index contributed by atoms with van der Waals surface area (Å²) in [5.41, 5.74) is 2.62. The molecule has 0 aliphatic carbocycles. The Morgan fingerprint density at radius 1 is 0.923 bits per heavy atom. The highest BCUT2D eigenvalue weighted by molar-refractivity contribution is 6.09. The molecule has 0 saturated heterocycles. The minimum atomic E-state index is -1.64. The van der Waals surface area contributed by atoms with Gasteiger partial charge in [0.1, 0.15) is 22.7 Å². The molecule has 0 aliphatic heterocycles. The van der Waals surface area contributed by atoms with Crippen LogP contribution in [0.5, 0.6) is 17.2 Å². The fraction of sp³-hybridized carbons (Fsp3) is 0.188. The summed E-state index contributed by atoms with van der Waals surface area (Å²) >= 11 is 0. The molecule has 0 spiro atoms. The summed E-state index contributed by atoms with van der Waals surface area (Å²) < 4.78 is 15.7.